The Morgan fingerprint density at radius 1 is 1.05 bits per heavy atom. The van der Waals surface area contributed by atoms with Gasteiger partial charge in [0, 0.05) is 12.7 Å². The summed E-state index contributed by atoms with van der Waals surface area (Å²) >= 11 is 0. The van der Waals surface area contributed by atoms with Crippen LogP contribution in [0.5, 0.6) is 5.75 Å². The number of carbonyl (C=O) groups excluding carboxylic acids is 1. The number of phenolic OH excluding ortho intramolecular Hbond substituents is 1. The number of anilines is 1. The van der Waals surface area contributed by atoms with E-state index in [0.29, 0.717) is 5.91 Å². The van der Waals surface area contributed by atoms with Crippen molar-refractivity contribution in [2.24, 2.45) is 23.2 Å². The molecular weight excluding hydrogens is 262 g/mol. The van der Waals surface area contributed by atoms with Crippen molar-refractivity contribution in [1.82, 2.24) is 0 Å². The molecule has 112 valence electrons. The Kier molecular flexibility index (Phi) is 2.82. The van der Waals surface area contributed by atoms with Gasteiger partial charge in [0.2, 0.25) is 5.91 Å². The Labute approximate surface area is 126 Å². The van der Waals surface area contributed by atoms with Crippen LogP contribution in [0.25, 0.3) is 0 Å². The Morgan fingerprint density at radius 2 is 1.52 bits per heavy atom. The Hall–Kier alpha value is -1.51. The molecule has 4 bridgehead atoms. The monoisotopic (exact) mass is 285 g/mol. The van der Waals surface area contributed by atoms with Gasteiger partial charge in [0.1, 0.15) is 5.75 Å². The van der Waals surface area contributed by atoms with Crippen LogP contribution in [-0.4, -0.2) is 18.1 Å². The van der Waals surface area contributed by atoms with Crippen LogP contribution in [0.3, 0.4) is 0 Å². The lowest BCUT2D eigenvalue weighted by atomic mass is 9.49. The number of aromatic hydroxyl groups is 1. The normalized spacial score (nSPS) is 36.7. The predicted molar refractivity (Wildman–Crippen MR) is 82.1 cm³/mol. The molecule has 0 radical (unpaired) electrons. The Morgan fingerprint density at radius 3 is 2.00 bits per heavy atom. The van der Waals surface area contributed by atoms with Crippen molar-refractivity contribution in [2.75, 3.05) is 11.9 Å². The summed E-state index contributed by atoms with van der Waals surface area (Å²) in [5.41, 5.74) is 0.787. The lowest BCUT2D eigenvalue weighted by Crippen LogP contribution is -2.54. The highest BCUT2D eigenvalue weighted by Gasteiger charge is 2.55. The van der Waals surface area contributed by atoms with Crippen LogP contribution in [0, 0.1) is 23.2 Å². The average molecular weight is 285 g/mol. The third kappa shape index (κ3) is 2.05. The van der Waals surface area contributed by atoms with Gasteiger partial charge >= 0.3 is 0 Å². The molecule has 4 aliphatic carbocycles. The molecule has 3 nitrogen and oxygen atoms in total. The maximum Gasteiger partial charge on any atom is 0.232 e. The smallest absolute Gasteiger partial charge is 0.232 e. The van der Waals surface area contributed by atoms with E-state index in [9.17, 15) is 9.90 Å². The van der Waals surface area contributed by atoms with E-state index in [-0.39, 0.29) is 11.2 Å². The van der Waals surface area contributed by atoms with Gasteiger partial charge in [-0.05, 0) is 80.5 Å². The topological polar surface area (TPSA) is 40.5 Å². The minimum Gasteiger partial charge on any atom is -0.508 e. The number of hydrogen-bond donors (Lipinski definition) is 1. The maximum atomic E-state index is 13.1. The van der Waals surface area contributed by atoms with Gasteiger partial charge in [-0.15, -0.1) is 0 Å². The van der Waals surface area contributed by atoms with Crippen LogP contribution in [0.4, 0.5) is 5.69 Å². The van der Waals surface area contributed by atoms with Crippen molar-refractivity contribution >= 4 is 11.6 Å². The van der Waals surface area contributed by atoms with Crippen molar-refractivity contribution in [3.8, 4) is 5.75 Å². The van der Waals surface area contributed by atoms with Crippen molar-refractivity contribution in [1.29, 1.82) is 0 Å². The molecule has 21 heavy (non-hydrogen) atoms. The van der Waals surface area contributed by atoms with E-state index < -0.39 is 0 Å². The first-order valence-corrected chi connectivity index (χ1v) is 8.13. The van der Waals surface area contributed by atoms with Crippen LogP contribution in [0.2, 0.25) is 0 Å². The highest BCUT2D eigenvalue weighted by atomic mass is 16.3. The van der Waals surface area contributed by atoms with E-state index in [1.165, 1.54) is 19.3 Å². The third-order valence-corrected chi connectivity index (χ3v) is 6.03. The number of benzene rings is 1. The summed E-state index contributed by atoms with van der Waals surface area (Å²) < 4.78 is 0. The molecule has 0 aromatic heterocycles. The highest BCUT2D eigenvalue weighted by Crippen LogP contribution is 2.60. The molecule has 4 aliphatic rings. The van der Waals surface area contributed by atoms with Crippen molar-refractivity contribution < 1.29 is 9.90 Å². The maximum absolute atomic E-state index is 13.1. The largest absolute Gasteiger partial charge is 0.508 e. The summed E-state index contributed by atoms with van der Waals surface area (Å²) in [6.07, 6.45) is 7.36. The molecule has 4 saturated carbocycles. The third-order valence-electron chi connectivity index (χ3n) is 6.03. The van der Waals surface area contributed by atoms with E-state index >= 15 is 0 Å². The van der Waals surface area contributed by atoms with Gasteiger partial charge in [-0.3, -0.25) is 4.79 Å². The second kappa shape index (κ2) is 4.49. The van der Waals surface area contributed by atoms with Gasteiger partial charge in [-0.1, -0.05) is 0 Å². The van der Waals surface area contributed by atoms with Crippen LogP contribution in [0.15, 0.2) is 24.3 Å². The molecule has 0 saturated heterocycles. The second-order valence-electron chi connectivity index (χ2n) is 7.58. The van der Waals surface area contributed by atoms with E-state index in [0.717, 1.165) is 42.7 Å². The second-order valence-corrected chi connectivity index (χ2v) is 7.58. The molecule has 1 aromatic rings. The summed E-state index contributed by atoms with van der Waals surface area (Å²) in [7, 11) is 1.88. The van der Waals surface area contributed by atoms with Crippen molar-refractivity contribution in [2.45, 2.75) is 38.5 Å². The minimum absolute atomic E-state index is 0.0958. The molecule has 1 amide bonds. The van der Waals surface area contributed by atoms with Crippen LogP contribution < -0.4 is 4.90 Å². The molecule has 0 atom stereocenters. The van der Waals surface area contributed by atoms with E-state index in [4.69, 9.17) is 0 Å². The number of carbonyl (C=O) groups is 1. The lowest BCUT2D eigenvalue weighted by Gasteiger charge is -2.56. The summed E-state index contributed by atoms with van der Waals surface area (Å²) in [6, 6.07) is 6.96. The summed E-state index contributed by atoms with van der Waals surface area (Å²) in [5.74, 6) is 2.90. The van der Waals surface area contributed by atoms with Crippen LogP contribution in [0.1, 0.15) is 38.5 Å². The van der Waals surface area contributed by atoms with Crippen molar-refractivity contribution in [3.63, 3.8) is 0 Å². The van der Waals surface area contributed by atoms with Crippen LogP contribution >= 0.6 is 0 Å². The first kappa shape index (κ1) is 13.2. The molecule has 1 aromatic carbocycles. The van der Waals surface area contributed by atoms with Gasteiger partial charge < -0.3 is 10.0 Å². The van der Waals surface area contributed by atoms with Gasteiger partial charge in [-0.25, -0.2) is 0 Å². The first-order chi connectivity index (χ1) is 10.1. The number of nitrogens with zero attached hydrogens (tertiary/aromatic N) is 1. The zero-order chi connectivity index (χ0) is 14.6. The number of amides is 1. The fourth-order valence-corrected chi connectivity index (χ4v) is 5.52. The van der Waals surface area contributed by atoms with Gasteiger partial charge in [0.05, 0.1) is 5.41 Å². The minimum atomic E-state index is -0.0958. The number of rotatable bonds is 2. The van der Waals surface area contributed by atoms with Crippen molar-refractivity contribution in [3.05, 3.63) is 24.3 Å². The zero-order valence-corrected chi connectivity index (χ0v) is 12.6. The molecule has 1 N–H and O–H groups in total. The molecule has 0 aliphatic heterocycles. The molecule has 0 unspecified atom stereocenters. The number of phenols is 1. The Balaban J connectivity index is 1.60. The molecule has 3 heteroatoms. The summed E-state index contributed by atoms with van der Waals surface area (Å²) in [4.78, 5) is 15.0. The van der Waals surface area contributed by atoms with Gasteiger partial charge in [-0.2, -0.15) is 0 Å². The SMILES string of the molecule is CN(C(=O)C12CC3CC(CC(C3)C1)C2)c1ccc(O)cc1. The molecule has 5 rings (SSSR count). The molecule has 0 spiro atoms. The highest BCUT2D eigenvalue weighted by molar-refractivity contribution is 5.97. The van der Waals surface area contributed by atoms with Crippen LogP contribution in [-0.2, 0) is 4.79 Å². The quantitative estimate of drug-likeness (QED) is 0.902. The zero-order valence-electron chi connectivity index (χ0n) is 12.6. The average Bonchev–Trinajstić information content (AvgIpc) is 2.45. The van der Waals surface area contributed by atoms with E-state index in [1.807, 2.05) is 24.1 Å². The molecular formula is C18H23NO2. The number of hydrogen-bond acceptors (Lipinski definition) is 2. The lowest BCUT2D eigenvalue weighted by molar-refractivity contribution is -0.143. The van der Waals surface area contributed by atoms with Gasteiger partial charge in [0.25, 0.3) is 0 Å². The fraction of sp³-hybridized carbons (Fsp3) is 0.611. The fourth-order valence-electron chi connectivity index (χ4n) is 5.52. The summed E-state index contributed by atoms with van der Waals surface area (Å²) in [5, 5.41) is 9.40. The standard InChI is InChI=1S/C18H23NO2/c1-19(15-2-4-16(20)5-3-15)17(21)18-9-12-6-13(10-18)8-14(7-12)11-18/h2-5,12-14,20H,6-11H2,1H3. The molecule has 4 fully saturated rings. The van der Waals surface area contributed by atoms with Gasteiger partial charge in [0.15, 0.2) is 0 Å². The predicted octanol–water partition coefficient (Wildman–Crippen LogP) is 3.57. The first-order valence-electron chi connectivity index (χ1n) is 8.13. The molecule has 0 heterocycles. The Bertz CT molecular complexity index is 528. The van der Waals surface area contributed by atoms with E-state index in [2.05, 4.69) is 0 Å². The summed E-state index contributed by atoms with van der Waals surface area (Å²) in [6.45, 7) is 0. The van der Waals surface area contributed by atoms with E-state index in [1.54, 1.807) is 12.1 Å².